The molecule has 6 rings (SSSR count). The number of likely N-dealkylation sites (tertiary alicyclic amines) is 1. The van der Waals surface area contributed by atoms with Gasteiger partial charge in [-0.15, -0.1) is 0 Å². The molecule has 0 unspecified atom stereocenters. The maximum atomic E-state index is 13.6. The Morgan fingerprint density at radius 1 is 0.944 bits per heavy atom. The highest BCUT2D eigenvalue weighted by Gasteiger charge is 2.59. The number of nitrogens with zero attached hydrogens (tertiary/aromatic N) is 2. The Labute approximate surface area is 208 Å². The maximum absolute atomic E-state index is 13.6. The van der Waals surface area contributed by atoms with Crippen LogP contribution in [0.4, 0.5) is 0 Å². The quantitative estimate of drug-likeness (QED) is 0.486. The smallest absolute Gasteiger partial charge is 0.233 e. The van der Waals surface area contributed by atoms with E-state index in [1.54, 1.807) is 12.1 Å². The van der Waals surface area contributed by atoms with Gasteiger partial charge in [-0.05, 0) is 36.1 Å². The van der Waals surface area contributed by atoms with Crippen molar-refractivity contribution < 1.29 is 34.1 Å². The van der Waals surface area contributed by atoms with Crippen LogP contribution in [0.2, 0.25) is 0 Å². The molecule has 2 amide bonds. The average Bonchev–Trinajstić information content (AvgIpc) is 3.45. The largest absolute Gasteiger partial charge is 0.454 e. The zero-order valence-electron chi connectivity index (χ0n) is 19.7. The predicted molar refractivity (Wildman–Crippen MR) is 127 cm³/mol. The van der Waals surface area contributed by atoms with Crippen molar-refractivity contribution in [1.82, 2.24) is 4.90 Å². The van der Waals surface area contributed by atoms with Crippen LogP contribution < -0.4 is 9.47 Å². The first kappa shape index (κ1) is 23.0. The molecule has 0 bridgehead atoms. The summed E-state index contributed by atoms with van der Waals surface area (Å²) < 4.78 is 10.8. The highest BCUT2D eigenvalue weighted by Crippen LogP contribution is 2.50. The maximum Gasteiger partial charge on any atom is 0.233 e. The van der Waals surface area contributed by atoms with E-state index in [2.05, 4.69) is 5.16 Å². The summed E-state index contributed by atoms with van der Waals surface area (Å²) in [6, 6.07) is 15.0. The Bertz CT molecular complexity index is 1200. The van der Waals surface area contributed by atoms with Crippen molar-refractivity contribution in [1.29, 1.82) is 0 Å². The monoisotopic (exact) mass is 492 g/mol. The molecule has 2 aliphatic heterocycles. The lowest BCUT2D eigenvalue weighted by Gasteiger charge is -2.45. The summed E-state index contributed by atoms with van der Waals surface area (Å²) in [5.74, 6) is -1.36. The Morgan fingerprint density at radius 2 is 1.72 bits per heavy atom. The van der Waals surface area contributed by atoms with Crippen molar-refractivity contribution >= 4 is 17.5 Å². The van der Waals surface area contributed by atoms with Crippen molar-refractivity contribution in [3.8, 4) is 11.5 Å². The van der Waals surface area contributed by atoms with Gasteiger partial charge in [0, 0.05) is 18.3 Å². The van der Waals surface area contributed by atoms with E-state index in [9.17, 15) is 19.8 Å². The van der Waals surface area contributed by atoms with Gasteiger partial charge in [-0.1, -0.05) is 41.6 Å². The van der Waals surface area contributed by atoms with E-state index < -0.39 is 30.0 Å². The first-order valence-corrected chi connectivity index (χ1v) is 12.3. The van der Waals surface area contributed by atoms with Crippen molar-refractivity contribution in [2.24, 2.45) is 28.8 Å². The van der Waals surface area contributed by atoms with Crippen LogP contribution in [0.5, 0.6) is 11.5 Å². The molecular weight excluding hydrogens is 464 g/mol. The molecule has 2 N–H and O–H groups in total. The number of carbonyl (C=O) groups excluding carboxylic acids is 2. The van der Waals surface area contributed by atoms with Gasteiger partial charge in [-0.3, -0.25) is 14.5 Å². The molecule has 188 valence electrons. The van der Waals surface area contributed by atoms with Gasteiger partial charge in [0.25, 0.3) is 0 Å². The first-order valence-electron chi connectivity index (χ1n) is 12.3. The molecule has 2 aromatic rings. The number of aliphatic hydroxyl groups is 2. The molecule has 2 aliphatic carbocycles. The summed E-state index contributed by atoms with van der Waals surface area (Å²) in [4.78, 5) is 33.8. The van der Waals surface area contributed by atoms with Gasteiger partial charge in [-0.25, -0.2) is 0 Å². The van der Waals surface area contributed by atoms with Crippen LogP contribution in [-0.4, -0.2) is 51.6 Å². The van der Waals surface area contributed by atoms with E-state index >= 15 is 0 Å². The molecule has 3 fully saturated rings. The number of hydrogen-bond donors (Lipinski definition) is 2. The SMILES string of the molecule is O=C1[C@H]2[C@H]3[C@H](O)[C@H](O)C/C(=N\OCc4ccccc4)[C@@H]3CC[C@H]2C(=O)N1Cc1ccc2c(c1)OCO2. The van der Waals surface area contributed by atoms with E-state index in [1.165, 1.54) is 4.90 Å². The lowest BCUT2D eigenvalue weighted by atomic mass is 9.60. The van der Waals surface area contributed by atoms with Crippen LogP contribution in [-0.2, 0) is 27.6 Å². The zero-order valence-corrected chi connectivity index (χ0v) is 19.7. The molecule has 2 heterocycles. The van der Waals surface area contributed by atoms with Crippen LogP contribution in [0.25, 0.3) is 0 Å². The standard InChI is InChI=1S/C27H28N2O7/c30-20-11-19(28-36-13-15-4-2-1-3-5-15)17-7-8-18-24(23(17)25(20)31)27(33)29(26(18)32)12-16-6-9-21-22(10-16)35-14-34-21/h1-6,9-10,17-18,20,23-25,30-31H,7-8,11-14H2/b28-19+/t17-,18+,20+,23-,24+,25+/m0/s1. The Balaban J connectivity index is 1.22. The van der Waals surface area contributed by atoms with Crippen molar-refractivity contribution in [3.63, 3.8) is 0 Å². The Morgan fingerprint density at radius 3 is 2.56 bits per heavy atom. The van der Waals surface area contributed by atoms with Crippen molar-refractivity contribution in [2.75, 3.05) is 6.79 Å². The number of ether oxygens (including phenoxy) is 2. The first-order chi connectivity index (χ1) is 17.5. The number of rotatable bonds is 5. The van der Waals surface area contributed by atoms with E-state index in [0.717, 1.165) is 11.1 Å². The normalized spacial score (nSPS) is 31.9. The van der Waals surface area contributed by atoms with E-state index in [-0.39, 0.29) is 44.1 Å². The molecule has 36 heavy (non-hydrogen) atoms. The molecule has 9 nitrogen and oxygen atoms in total. The number of benzene rings is 2. The van der Waals surface area contributed by atoms with Crippen LogP contribution >= 0.6 is 0 Å². The van der Waals surface area contributed by atoms with Gasteiger partial charge in [0.1, 0.15) is 6.61 Å². The van der Waals surface area contributed by atoms with Gasteiger partial charge in [0.15, 0.2) is 11.5 Å². The van der Waals surface area contributed by atoms with Crippen molar-refractivity contribution in [2.45, 2.75) is 44.6 Å². The van der Waals surface area contributed by atoms with Crippen LogP contribution in [0.1, 0.15) is 30.4 Å². The van der Waals surface area contributed by atoms with Crippen LogP contribution in [0.3, 0.4) is 0 Å². The zero-order chi connectivity index (χ0) is 24.8. The number of oxime groups is 1. The molecule has 4 aliphatic rings. The van der Waals surface area contributed by atoms with Gasteiger partial charge in [0.05, 0.1) is 36.3 Å². The summed E-state index contributed by atoms with van der Waals surface area (Å²) in [6.45, 7) is 0.554. The minimum atomic E-state index is -1.11. The summed E-state index contributed by atoms with van der Waals surface area (Å²) in [7, 11) is 0. The minimum Gasteiger partial charge on any atom is -0.454 e. The minimum absolute atomic E-state index is 0.123. The molecule has 2 aromatic carbocycles. The Hall–Kier alpha value is -3.43. The third-order valence-corrected chi connectivity index (χ3v) is 7.90. The summed E-state index contributed by atoms with van der Waals surface area (Å²) in [6.07, 6.45) is -0.889. The van der Waals surface area contributed by atoms with Gasteiger partial charge >= 0.3 is 0 Å². The highest BCUT2D eigenvalue weighted by molar-refractivity contribution is 6.06. The fourth-order valence-corrected chi connectivity index (χ4v) is 6.18. The fourth-order valence-electron chi connectivity index (χ4n) is 6.18. The summed E-state index contributed by atoms with van der Waals surface area (Å²) in [5, 5.41) is 25.9. The molecule has 0 spiro atoms. The lowest BCUT2D eigenvalue weighted by Crippen LogP contribution is -2.54. The number of amides is 2. The topological polar surface area (TPSA) is 118 Å². The molecule has 0 aromatic heterocycles. The third kappa shape index (κ3) is 3.92. The summed E-state index contributed by atoms with van der Waals surface area (Å²) in [5.41, 5.74) is 2.37. The van der Waals surface area contributed by atoms with Gasteiger partial charge < -0.3 is 24.5 Å². The predicted octanol–water partition coefficient (Wildman–Crippen LogP) is 2.24. The number of carbonyl (C=O) groups is 2. The van der Waals surface area contributed by atoms with E-state index in [0.29, 0.717) is 30.1 Å². The summed E-state index contributed by atoms with van der Waals surface area (Å²) >= 11 is 0. The van der Waals surface area contributed by atoms with Gasteiger partial charge in [0.2, 0.25) is 18.6 Å². The molecule has 1 saturated heterocycles. The van der Waals surface area contributed by atoms with Crippen molar-refractivity contribution in [3.05, 3.63) is 59.7 Å². The highest BCUT2D eigenvalue weighted by atomic mass is 16.7. The molecule has 0 radical (unpaired) electrons. The van der Waals surface area contributed by atoms with Crippen LogP contribution in [0.15, 0.2) is 53.7 Å². The number of fused-ring (bicyclic) bond motifs is 4. The fraction of sp³-hybridized carbons (Fsp3) is 0.444. The number of imide groups is 1. The van der Waals surface area contributed by atoms with Crippen LogP contribution in [0, 0.1) is 23.7 Å². The molecule has 2 saturated carbocycles. The Kier molecular flexibility index (Phi) is 5.89. The average molecular weight is 493 g/mol. The second-order valence-corrected chi connectivity index (χ2v) is 9.95. The van der Waals surface area contributed by atoms with E-state index in [1.807, 2.05) is 36.4 Å². The third-order valence-electron chi connectivity index (χ3n) is 7.90. The van der Waals surface area contributed by atoms with E-state index in [4.69, 9.17) is 14.3 Å². The number of aliphatic hydroxyl groups excluding tert-OH is 2. The molecular formula is C27H28N2O7. The molecule has 9 heteroatoms. The van der Waals surface area contributed by atoms with Gasteiger partial charge in [-0.2, -0.15) is 0 Å². The lowest BCUT2D eigenvalue weighted by molar-refractivity contribution is -0.142. The number of hydrogen-bond acceptors (Lipinski definition) is 8. The second-order valence-electron chi connectivity index (χ2n) is 9.95. The second kappa shape index (κ2) is 9.22. The molecule has 6 atom stereocenters.